The number of piperidine rings is 1. The van der Waals surface area contributed by atoms with Gasteiger partial charge in [-0.15, -0.1) is 0 Å². The van der Waals surface area contributed by atoms with E-state index in [1.54, 1.807) is 12.1 Å². The monoisotopic (exact) mass is 492 g/mol. The number of benzene rings is 4. The van der Waals surface area contributed by atoms with Crippen molar-refractivity contribution in [2.75, 3.05) is 19.6 Å². The number of Topliss-reactive ketones (excluding diaryl/α,β-unsaturated/α-hetero) is 1. The smallest absolute Gasteiger partial charge is 0.224 e. The van der Waals surface area contributed by atoms with Gasteiger partial charge in [-0.25, -0.2) is 0 Å². The number of hydrogen-bond acceptors (Lipinski definition) is 4. The van der Waals surface area contributed by atoms with Gasteiger partial charge in [0.15, 0.2) is 5.78 Å². The molecule has 4 aromatic carbocycles. The molecular formula is C32H32N2O3. The van der Waals surface area contributed by atoms with E-state index in [1.165, 1.54) is 21.9 Å². The largest absolute Gasteiger partial charge is 0.372 e. The minimum atomic E-state index is -0.157. The second-order valence-corrected chi connectivity index (χ2v) is 9.61. The molecule has 2 atom stereocenters. The summed E-state index contributed by atoms with van der Waals surface area (Å²) in [5.41, 5.74) is 3.94. The minimum absolute atomic E-state index is 0.00618. The number of rotatable bonds is 9. The molecule has 1 saturated heterocycles. The Kier molecular flexibility index (Phi) is 8.04. The zero-order valence-electron chi connectivity index (χ0n) is 20.9. The molecule has 0 aliphatic carbocycles. The maximum absolute atomic E-state index is 12.4. The summed E-state index contributed by atoms with van der Waals surface area (Å²) in [5, 5.41) is 8.67. The van der Waals surface area contributed by atoms with E-state index < -0.39 is 0 Å². The molecule has 1 amide bonds. The third-order valence-electron chi connectivity index (χ3n) is 7.02. The summed E-state index contributed by atoms with van der Waals surface area (Å²) in [4.78, 5) is 24.6. The van der Waals surface area contributed by atoms with Crippen LogP contribution in [0.25, 0.3) is 10.8 Å². The highest BCUT2D eigenvalue weighted by Gasteiger charge is 2.27. The topological polar surface area (TPSA) is 67.4 Å². The Labute approximate surface area is 217 Å². The van der Waals surface area contributed by atoms with Gasteiger partial charge < -0.3 is 15.4 Å². The SMILES string of the molecule is O=C(Cc1ccc(C2CCNCC2OCc2ccc3ccccc3c2)cc1)NCC(=O)c1ccccc1. The highest BCUT2D eigenvalue weighted by Crippen LogP contribution is 2.29. The van der Waals surface area contributed by atoms with Gasteiger partial charge in [0.05, 0.1) is 25.7 Å². The van der Waals surface area contributed by atoms with Crippen LogP contribution in [0.5, 0.6) is 0 Å². The van der Waals surface area contributed by atoms with Crippen LogP contribution in [0.2, 0.25) is 0 Å². The van der Waals surface area contributed by atoms with Crippen molar-refractivity contribution in [2.24, 2.45) is 0 Å². The normalized spacial score (nSPS) is 17.4. The van der Waals surface area contributed by atoms with Gasteiger partial charge in [0, 0.05) is 18.0 Å². The fraction of sp³-hybridized carbons (Fsp3) is 0.250. The molecule has 0 radical (unpaired) electrons. The molecule has 37 heavy (non-hydrogen) atoms. The molecule has 0 bridgehead atoms. The van der Waals surface area contributed by atoms with E-state index in [2.05, 4.69) is 65.2 Å². The molecule has 0 spiro atoms. The average Bonchev–Trinajstić information content (AvgIpc) is 2.96. The van der Waals surface area contributed by atoms with Crippen molar-refractivity contribution in [3.63, 3.8) is 0 Å². The maximum Gasteiger partial charge on any atom is 0.224 e. The van der Waals surface area contributed by atoms with Crippen molar-refractivity contribution in [1.29, 1.82) is 0 Å². The van der Waals surface area contributed by atoms with E-state index in [4.69, 9.17) is 4.74 Å². The summed E-state index contributed by atoms with van der Waals surface area (Å²) in [6, 6.07) is 32.1. The van der Waals surface area contributed by atoms with Gasteiger partial charge in [-0.1, -0.05) is 91.0 Å². The van der Waals surface area contributed by atoms with Gasteiger partial charge in [0.1, 0.15) is 0 Å². The number of carbonyl (C=O) groups is 2. The number of fused-ring (bicyclic) bond motifs is 1. The van der Waals surface area contributed by atoms with Crippen LogP contribution in [0.15, 0.2) is 97.1 Å². The fourth-order valence-electron chi connectivity index (χ4n) is 4.95. The molecule has 0 aromatic heterocycles. The quantitative estimate of drug-likeness (QED) is 0.321. The van der Waals surface area contributed by atoms with Crippen molar-refractivity contribution in [2.45, 2.75) is 31.5 Å². The Morgan fingerprint density at radius 3 is 2.38 bits per heavy atom. The highest BCUT2D eigenvalue weighted by atomic mass is 16.5. The molecule has 1 aliphatic rings. The third kappa shape index (κ3) is 6.50. The lowest BCUT2D eigenvalue weighted by Gasteiger charge is -2.32. The van der Waals surface area contributed by atoms with Gasteiger partial charge in [0.2, 0.25) is 5.91 Å². The predicted octanol–water partition coefficient (Wildman–Crippen LogP) is 5.04. The minimum Gasteiger partial charge on any atom is -0.372 e. The summed E-state index contributed by atoms with van der Waals surface area (Å²) in [5.74, 6) is 0.0495. The van der Waals surface area contributed by atoms with Crippen LogP contribution in [-0.2, 0) is 22.6 Å². The van der Waals surface area contributed by atoms with Crippen LogP contribution < -0.4 is 10.6 Å². The molecule has 5 rings (SSSR count). The highest BCUT2D eigenvalue weighted by molar-refractivity contribution is 5.99. The van der Waals surface area contributed by atoms with Gasteiger partial charge in [-0.05, 0) is 46.5 Å². The number of carbonyl (C=O) groups excluding carboxylic acids is 2. The Morgan fingerprint density at radius 2 is 1.57 bits per heavy atom. The van der Waals surface area contributed by atoms with E-state index in [0.717, 1.165) is 25.1 Å². The molecule has 4 aromatic rings. The number of hydrogen-bond donors (Lipinski definition) is 2. The van der Waals surface area contributed by atoms with Gasteiger partial charge in [0.25, 0.3) is 0 Å². The fourth-order valence-corrected chi connectivity index (χ4v) is 4.95. The molecule has 1 fully saturated rings. The van der Waals surface area contributed by atoms with E-state index in [1.807, 2.05) is 30.3 Å². The third-order valence-corrected chi connectivity index (χ3v) is 7.02. The summed E-state index contributed by atoms with van der Waals surface area (Å²) in [7, 11) is 0. The first-order valence-electron chi connectivity index (χ1n) is 12.9. The van der Waals surface area contributed by atoms with E-state index in [0.29, 0.717) is 18.1 Å². The molecule has 1 heterocycles. The standard InChI is InChI=1S/C32H32N2O3/c35-30(27-7-2-1-3-8-27)20-34-32(36)19-23-10-14-26(15-11-23)29-16-17-33-21-31(29)37-22-24-12-13-25-6-4-5-9-28(25)18-24/h1-15,18,29,31,33H,16-17,19-22H2,(H,34,36). The summed E-state index contributed by atoms with van der Waals surface area (Å²) < 4.78 is 6.41. The van der Waals surface area contributed by atoms with E-state index in [-0.39, 0.29) is 30.8 Å². The molecule has 5 nitrogen and oxygen atoms in total. The molecule has 188 valence electrons. The van der Waals surface area contributed by atoms with Crippen LogP contribution in [-0.4, -0.2) is 37.4 Å². The van der Waals surface area contributed by atoms with Crippen molar-refractivity contribution in [1.82, 2.24) is 10.6 Å². The second kappa shape index (κ2) is 12.0. The lowest BCUT2D eigenvalue weighted by atomic mass is 9.87. The van der Waals surface area contributed by atoms with Crippen LogP contribution in [0.3, 0.4) is 0 Å². The zero-order valence-corrected chi connectivity index (χ0v) is 20.9. The lowest BCUT2D eigenvalue weighted by Crippen LogP contribution is -2.41. The van der Waals surface area contributed by atoms with Crippen LogP contribution in [0, 0.1) is 0 Å². The molecule has 0 saturated carbocycles. The molecule has 2 unspecified atom stereocenters. The summed E-state index contributed by atoms with van der Waals surface area (Å²) >= 11 is 0. The summed E-state index contributed by atoms with van der Waals surface area (Å²) in [6.07, 6.45) is 1.33. The zero-order chi connectivity index (χ0) is 25.5. The van der Waals surface area contributed by atoms with Crippen LogP contribution in [0.4, 0.5) is 0 Å². The molecule has 2 N–H and O–H groups in total. The van der Waals surface area contributed by atoms with Crippen LogP contribution >= 0.6 is 0 Å². The first-order chi connectivity index (χ1) is 18.2. The van der Waals surface area contributed by atoms with Crippen molar-refractivity contribution in [3.05, 3.63) is 119 Å². The first kappa shape index (κ1) is 24.9. The van der Waals surface area contributed by atoms with Crippen molar-refractivity contribution in [3.8, 4) is 0 Å². The summed E-state index contributed by atoms with van der Waals surface area (Å²) in [6.45, 7) is 2.36. The number of ketones is 1. The lowest BCUT2D eigenvalue weighted by molar-refractivity contribution is -0.120. The molecular weight excluding hydrogens is 460 g/mol. The molecule has 5 heteroatoms. The molecule has 1 aliphatic heterocycles. The van der Waals surface area contributed by atoms with Crippen molar-refractivity contribution < 1.29 is 14.3 Å². The second-order valence-electron chi connectivity index (χ2n) is 9.61. The van der Waals surface area contributed by atoms with Gasteiger partial charge >= 0.3 is 0 Å². The Balaban J connectivity index is 1.16. The van der Waals surface area contributed by atoms with Gasteiger partial charge in [-0.3, -0.25) is 9.59 Å². The number of nitrogens with one attached hydrogen (secondary N) is 2. The average molecular weight is 493 g/mol. The number of amides is 1. The van der Waals surface area contributed by atoms with Crippen molar-refractivity contribution >= 4 is 22.5 Å². The number of ether oxygens (including phenoxy) is 1. The maximum atomic E-state index is 12.4. The Bertz CT molecular complexity index is 1350. The Hall–Kier alpha value is -3.80. The Morgan fingerprint density at radius 1 is 0.838 bits per heavy atom. The van der Waals surface area contributed by atoms with E-state index >= 15 is 0 Å². The van der Waals surface area contributed by atoms with E-state index in [9.17, 15) is 9.59 Å². The van der Waals surface area contributed by atoms with Crippen LogP contribution in [0.1, 0.15) is 39.4 Å². The first-order valence-corrected chi connectivity index (χ1v) is 12.9. The predicted molar refractivity (Wildman–Crippen MR) is 147 cm³/mol. The van der Waals surface area contributed by atoms with Gasteiger partial charge in [-0.2, -0.15) is 0 Å².